The molecular formula is C18H13BrN2O. The van der Waals surface area contributed by atoms with Gasteiger partial charge in [0.15, 0.2) is 5.78 Å². The number of benzene rings is 2. The van der Waals surface area contributed by atoms with Crippen molar-refractivity contribution >= 4 is 21.7 Å². The highest BCUT2D eigenvalue weighted by Crippen LogP contribution is 2.30. The Kier molecular flexibility index (Phi) is 5.47. The third-order valence-electron chi connectivity index (χ3n) is 3.48. The van der Waals surface area contributed by atoms with E-state index in [1.165, 1.54) is 0 Å². The van der Waals surface area contributed by atoms with Crippen LogP contribution in [-0.2, 0) is 0 Å². The summed E-state index contributed by atoms with van der Waals surface area (Å²) >= 11 is 3.36. The van der Waals surface area contributed by atoms with Gasteiger partial charge in [0.2, 0.25) is 0 Å². The molecular weight excluding hydrogens is 340 g/mol. The molecule has 0 N–H and O–H groups in total. The maximum Gasteiger partial charge on any atom is 0.163 e. The molecule has 22 heavy (non-hydrogen) atoms. The summed E-state index contributed by atoms with van der Waals surface area (Å²) in [5.74, 6) is -1.35. The molecule has 2 aromatic rings. The van der Waals surface area contributed by atoms with Gasteiger partial charge in [0.1, 0.15) is 5.92 Å². The quantitative estimate of drug-likeness (QED) is 0.745. The van der Waals surface area contributed by atoms with Crippen molar-refractivity contribution in [1.82, 2.24) is 0 Å². The number of hydrogen-bond acceptors (Lipinski definition) is 3. The van der Waals surface area contributed by atoms with Gasteiger partial charge in [-0.25, -0.2) is 0 Å². The lowest BCUT2D eigenvalue weighted by Crippen LogP contribution is -2.15. The molecule has 0 radical (unpaired) electrons. The number of nitriles is 2. The zero-order valence-electron chi connectivity index (χ0n) is 11.7. The van der Waals surface area contributed by atoms with E-state index in [0.717, 1.165) is 10.0 Å². The van der Waals surface area contributed by atoms with Gasteiger partial charge >= 0.3 is 0 Å². The first-order valence-electron chi connectivity index (χ1n) is 6.78. The van der Waals surface area contributed by atoms with Crippen molar-refractivity contribution in [3.05, 3.63) is 70.2 Å². The highest BCUT2D eigenvalue weighted by Gasteiger charge is 2.26. The minimum absolute atomic E-state index is 0.0657. The van der Waals surface area contributed by atoms with Crippen LogP contribution in [0, 0.1) is 28.6 Å². The first kappa shape index (κ1) is 15.9. The molecule has 0 aliphatic heterocycles. The molecule has 1 atom stereocenters. The summed E-state index contributed by atoms with van der Waals surface area (Å²) in [6.45, 7) is 0. The van der Waals surface area contributed by atoms with Crippen LogP contribution in [0.3, 0.4) is 0 Å². The summed E-state index contributed by atoms with van der Waals surface area (Å²) in [4.78, 5) is 12.4. The van der Waals surface area contributed by atoms with E-state index in [1.54, 1.807) is 24.3 Å². The van der Waals surface area contributed by atoms with Crippen LogP contribution in [0.5, 0.6) is 0 Å². The summed E-state index contributed by atoms with van der Waals surface area (Å²) in [5.41, 5.74) is 1.42. The standard InChI is InChI=1S/C18H13BrN2O/c19-16-8-6-13(7-9-16)17(15(11-20)12-21)10-18(22)14-4-2-1-3-5-14/h1-9,15,17H,10H2/t17-/m0/s1. The fraction of sp³-hybridized carbons (Fsp3) is 0.167. The van der Waals surface area contributed by atoms with E-state index in [2.05, 4.69) is 15.9 Å². The zero-order valence-corrected chi connectivity index (χ0v) is 13.3. The maximum absolute atomic E-state index is 12.4. The largest absolute Gasteiger partial charge is 0.294 e. The Bertz CT molecular complexity index is 712. The van der Waals surface area contributed by atoms with Crippen LogP contribution >= 0.6 is 15.9 Å². The lowest BCUT2D eigenvalue weighted by atomic mass is 9.83. The molecule has 0 aliphatic rings. The van der Waals surface area contributed by atoms with Crippen LogP contribution in [0.1, 0.15) is 28.3 Å². The lowest BCUT2D eigenvalue weighted by Gasteiger charge is -2.17. The second-order valence-electron chi connectivity index (χ2n) is 4.89. The SMILES string of the molecule is N#CC(C#N)[C@@H](CC(=O)c1ccccc1)c1ccc(Br)cc1. The number of Topliss-reactive ketones (excluding diaryl/α,β-unsaturated/α-hetero) is 1. The molecule has 0 saturated carbocycles. The van der Waals surface area contributed by atoms with E-state index >= 15 is 0 Å². The monoisotopic (exact) mass is 352 g/mol. The highest BCUT2D eigenvalue weighted by atomic mass is 79.9. The first-order chi connectivity index (χ1) is 10.7. The van der Waals surface area contributed by atoms with Crippen LogP contribution in [-0.4, -0.2) is 5.78 Å². The Labute approximate surface area is 137 Å². The maximum atomic E-state index is 12.4. The van der Waals surface area contributed by atoms with Gasteiger partial charge < -0.3 is 0 Å². The lowest BCUT2D eigenvalue weighted by molar-refractivity contribution is 0.0971. The summed E-state index contributed by atoms with van der Waals surface area (Å²) in [5, 5.41) is 18.4. The molecule has 0 spiro atoms. The second kappa shape index (κ2) is 7.54. The Morgan fingerprint density at radius 2 is 1.59 bits per heavy atom. The number of carbonyl (C=O) groups excluding carboxylic acids is 1. The normalized spacial score (nSPS) is 11.5. The number of hydrogen-bond donors (Lipinski definition) is 0. The van der Waals surface area contributed by atoms with Crippen molar-refractivity contribution < 1.29 is 4.79 Å². The van der Waals surface area contributed by atoms with Gasteiger partial charge in [-0.3, -0.25) is 4.79 Å². The summed E-state index contributed by atoms with van der Waals surface area (Å²) in [7, 11) is 0. The second-order valence-corrected chi connectivity index (χ2v) is 5.80. The average Bonchev–Trinajstić information content (AvgIpc) is 2.56. The molecule has 2 aromatic carbocycles. The predicted octanol–water partition coefficient (Wildman–Crippen LogP) is 4.47. The fourth-order valence-corrected chi connectivity index (χ4v) is 2.55. The van der Waals surface area contributed by atoms with E-state index < -0.39 is 11.8 Å². The van der Waals surface area contributed by atoms with E-state index in [9.17, 15) is 15.3 Å². The molecule has 0 unspecified atom stereocenters. The van der Waals surface area contributed by atoms with Crippen molar-refractivity contribution in [2.24, 2.45) is 5.92 Å². The van der Waals surface area contributed by atoms with Crippen molar-refractivity contribution in [2.45, 2.75) is 12.3 Å². The Balaban J connectivity index is 2.30. The number of halogens is 1. The minimum atomic E-state index is -0.853. The summed E-state index contributed by atoms with van der Waals surface area (Å²) in [6.07, 6.45) is 0.136. The van der Waals surface area contributed by atoms with Crippen molar-refractivity contribution in [2.75, 3.05) is 0 Å². The van der Waals surface area contributed by atoms with Crippen LogP contribution in [0.2, 0.25) is 0 Å². The molecule has 2 rings (SSSR count). The van der Waals surface area contributed by atoms with E-state index in [-0.39, 0.29) is 12.2 Å². The minimum Gasteiger partial charge on any atom is -0.294 e. The molecule has 4 heteroatoms. The molecule has 0 aromatic heterocycles. The molecule has 0 amide bonds. The van der Waals surface area contributed by atoms with E-state index in [4.69, 9.17) is 0 Å². The van der Waals surface area contributed by atoms with Crippen LogP contribution in [0.4, 0.5) is 0 Å². The third kappa shape index (κ3) is 3.81. The fourth-order valence-electron chi connectivity index (χ4n) is 2.29. The van der Waals surface area contributed by atoms with Crippen molar-refractivity contribution in [3.63, 3.8) is 0 Å². The molecule has 0 saturated heterocycles. The average molecular weight is 353 g/mol. The van der Waals surface area contributed by atoms with Gasteiger partial charge in [-0.05, 0) is 17.7 Å². The molecule has 0 fully saturated rings. The van der Waals surface area contributed by atoms with Crippen LogP contribution in [0.25, 0.3) is 0 Å². The van der Waals surface area contributed by atoms with Gasteiger partial charge in [-0.1, -0.05) is 58.4 Å². The van der Waals surface area contributed by atoms with Gasteiger partial charge in [0.25, 0.3) is 0 Å². The molecule has 0 heterocycles. The van der Waals surface area contributed by atoms with Crippen LogP contribution < -0.4 is 0 Å². The third-order valence-corrected chi connectivity index (χ3v) is 4.01. The summed E-state index contributed by atoms with van der Waals surface area (Å²) in [6, 6.07) is 20.3. The van der Waals surface area contributed by atoms with Gasteiger partial charge in [0.05, 0.1) is 12.1 Å². The van der Waals surface area contributed by atoms with Crippen molar-refractivity contribution in [3.8, 4) is 12.1 Å². The van der Waals surface area contributed by atoms with Gasteiger partial charge in [-0.2, -0.15) is 10.5 Å². The molecule has 0 aliphatic carbocycles. The molecule has 108 valence electrons. The Morgan fingerprint density at radius 3 is 2.14 bits per heavy atom. The van der Waals surface area contributed by atoms with Crippen molar-refractivity contribution in [1.29, 1.82) is 10.5 Å². The Morgan fingerprint density at radius 1 is 1.00 bits per heavy atom. The van der Waals surface area contributed by atoms with Gasteiger partial charge in [-0.15, -0.1) is 0 Å². The molecule has 3 nitrogen and oxygen atoms in total. The first-order valence-corrected chi connectivity index (χ1v) is 7.58. The molecule has 0 bridgehead atoms. The number of carbonyl (C=O) groups is 1. The topological polar surface area (TPSA) is 64.7 Å². The summed E-state index contributed by atoms with van der Waals surface area (Å²) < 4.78 is 0.912. The number of nitrogens with zero attached hydrogens (tertiary/aromatic N) is 2. The zero-order chi connectivity index (χ0) is 15.9. The van der Waals surface area contributed by atoms with Gasteiger partial charge in [0, 0.05) is 22.4 Å². The Hall–Kier alpha value is -2.43. The number of rotatable bonds is 5. The number of ketones is 1. The van der Waals surface area contributed by atoms with E-state index in [0.29, 0.717) is 5.56 Å². The smallest absolute Gasteiger partial charge is 0.163 e. The highest BCUT2D eigenvalue weighted by molar-refractivity contribution is 9.10. The van der Waals surface area contributed by atoms with E-state index in [1.807, 2.05) is 42.5 Å². The predicted molar refractivity (Wildman–Crippen MR) is 87.0 cm³/mol. The van der Waals surface area contributed by atoms with Crippen LogP contribution in [0.15, 0.2) is 59.1 Å².